The van der Waals surface area contributed by atoms with E-state index in [4.69, 9.17) is 16.1 Å². The second-order valence-corrected chi connectivity index (χ2v) is 6.50. The summed E-state index contributed by atoms with van der Waals surface area (Å²) < 4.78 is 32.1. The molecule has 0 bridgehead atoms. The van der Waals surface area contributed by atoms with Crippen LogP contribution in [-0.4, -0.2) is 18.6 Å². The molecular weight excluding hydrogens is 302 g/mol. The lowest BCUT2D eigenvalue weighted by atomic mass is 10.1. The zero-order valence-electron chi connectivity index (χ0n) is 11.2. The molecule has 0 aromatic carbocycles. The zero-order chi connectivity index (χ0) is 14.9. The quantitative estimate of drug-likeness (QED) is 0.875. The molecule has 0 aliphatic rings. The van der Waals surface area contributed by atoms with Crippen LogP contribution in [0.25, 0.3) is 0 Å². The zero-order valence-corrected chi connectivity index (χ0v) is 12.8. The van der Waals surface area contributed by atoms with Gasteiger partial charge in [-0.3, -0.25) is 0 Å². The van der Waals surface area contributed by atoms with Crippen LogP contribution in [0.15, 0.2) is 27.7 Å². The van der Waals surface area contributed by atoms with Crippen LogP contribution in [0.5, 0.6) is 0 Å². The molecule has 2 rings (SSSR count). The number of hydrogen-bond donors (Lipinski definition) is 1. The third-order valence-corrected chi connectivity index (χ3v) is 4.61. The molecule has 6 nitrogen and oxygen atoms in total. The van der Waals surface area contributed by atoms with E-state index in [0.717, 1.165) is 5.56 Å². The van der Waals surface area contributed by atoms with Gasteiger partial charge in [-0.1, -0.05) is 16.8 Å². The van der Waals surface area contributed by atoms with Crippen LogP contribution < -0.4 is 4.72 Å². The summed E-state index contributed by atoms with van der Waals surface area (Å²) in [7, 11) is -3.68. The van der Waals surface area contributed by atoms with Gasteiger partial charge in [-0.15, -0.1) is 0 Å². The molecule has 8 heteroatoms. The molecule has 2 aromatic rings. The maximum atomic E-state index is 12.2. The number of halogens is 1. The molecule has 0 aliphatic heterocycles. The van der Waals surface area contributed by atoms with Crippen molar-refractivity contribution in [1.82, 2.24) is 14.9 Å². The maximum absolute atomic E-state index is 12.2. The minimum absolute atomic E-state index is 0.0560. The fourth-order valence-corrected chi connectivity index (χ4v) is 3.26. The van der Waals surface area contributed by atoms with Gasteiger partial charge in [0.2, 0.25) is 10.0 Å². The van der Waals surface area contributed by atoms with Crippen LogP contribution in [0.1, 0.15) is 30.0 Å². The van der Waals surface area contributed by atoms with E-state index < -0.39 is 16.1 Å². The second-order valence-electron chi connectivity index (χ2n) is 4.40. The Balaban J connectivity index is 2.27. The first-order chi connectivity index (χ1) is 9.31. The van der Waals surface area contributed by atoms with Crippen molar-refractivity contribution in [3.8, 4) is 0 Å². The Morgan fingerprint density at radius 1 is 1.35 bits per heavy atom. The van der Waals surface area contributed by atoms with Gasteiger partial charge in [-0.05, 0) is 32.9 Å². The van der Waals surface area contributed by atoms with Crippen LogP contribution in [0.2, 0.25) is 5.15 Å². The SMILES string of the molecule is Cc1noc(C)c1C(C)NS(=O)(=O)c1ccc(Cl)nc1. The van der Waals surface area contributed by atoms with Gasteiger partial charge < -0.3 is 4.52 Å². The Bertz CT molecular complexity index is 691. The lowest BCUT2D eigenvalue weighted by Gasteiger charge is -2.14. The van der Waals surface area contributed by atoms with Crippen LogP contribution in [0, 0.1) is 13.8 Å². The van der Waals surface area contributed by atoms with Gasteiger partial charge in [0, 0.05) is 17.8 Å². The highest BCUT2D eigenvalue weighted by Crippen LogP contribution is 2.23. The van der Waals surface area contributed by atoms with Gasteiger partial charge in [0.1, 0.15) is 15.8 Å². The molecule has 2 heterocycles. The topological polar surface area (TPSA) is 85.1 Å². The molecule has 0 amide bonds. The summed E-state index contributed by atoms with van der Waals surface area (Å²) in [4.78, 5) is 3.82. The summed E-state index contributed by atoms with van der Waals surface area (Å²) in [5.41, 5.74) is 1.39. The highest BCUT2D eigenvalue weighted by molar-refractivity contribution is 7.89. The number of aromatic nitrogens is 2. The minimum atomic E-state index is -3.68. The fourth-order valence-electron chi connectivity index (χ4n) is 1.99. The summed E-state index contributed by atoms with van der Waals surface area (Å²) in [6, 6.07) is 2.37. The normalized spacial score (nSPS) is 13.4. The molecule has 108 valence electrons. The Morgan fingerprint density at radius 3 is 2.55 bits per heavy atom. The van der Waals surface area contributed by atoms with Crippen molar-refractivity contribution >= 4 is 21.6 Å². The summed E-state index contributed by atoms with van der Waals surface area (Å²) in [5, 5.41) is 4.05. The van der Waals surface area contributed by atoms with E-state index >= 15 is 0 Å². The molecule has 1 atom stereocenters. The predicted octanol–water partition coefficient (Wildman–Crippen LogP) is 2.38. The molecule has 0 radical (unpaired) electrons. The molecule has 1 unspecified atom stereocenters. The van der Waals surface area contributed by atoms with Crippen LogP contribution in [0.3, 0.4) is 0 Å². The van der Waals surface area contributed by atoms with Crippen molar-refractivity contribution in [2.75, 3.05) is 0 Å². The Hall–Kier alpha value is -1.44. The lowest BCUT2D eigenvalue weighted by Crippen LogP contribution is -2.27. The average Bonchev–Trinajstić information content (AvgIpc) is 2.69. The van der Waals surface area contributed by atoms with Gasteiger partial charge in [-0.2, -0.15) is 0 Å². The number of nitrogens with one attached hydrogen (secondary N) is 1. The van der Waals surface area contributed by atoms with Crippen LogP contribution >= 0.6 is 11.6 Å². The number of hydrogen-bond acceptors (Lipinski definition) is 5. The van der Waals surface area contributed by atoms with E-state index in [9.17, 15) is 8.42 Å². The predicted molar refractivity (Wildman–Crippen MR) is 74.0 cm³/mol. The second kappa shape index (κ2) is 5.51. The van der Waals surface area contributed by atoms with E-state index in [2.05, 4.69) is 14.9 Å². The number of sulfonamides is 1. The first-order valence-corrected chi connectivity index (χ1v) is 7.74. The van der Waals surface area contributed by atoms with Gasteiger partial charge in [0.15, 0.2) is 0 Å². The minimum Gasteiger partial charge on any atom is -0.361 e. The summed E-state index contributed by atoms with van der Waals surface area (Å²) in [6.45, 7) is 5.23. The molecule has 20 heavy (non-hydrogen) atoms. The summed E-state index contributed by atoms with van der Waals surface area (Å²) in [6.07, 6.45) is 1.21. The Morgan fingerprint density at radius 2 is 2.05 bits per heavy atom. The van der Waals surface area contributed by atoms with E-state index in [-0.39, 0.29) is 10.0 Å². The number of aryl methyl sites for hydroxylation is 2. The van der Waals surface area contributed by atoms with Crippen molar-refractivity contribution in [2.45, 2.75) is 31.7 Å². The fraction of sp³-hybridized carbons (Fsp3) is 0.333. The van der Waals surface area contributed by atoms with Crippen LogP contribution in [-0.2, 0) is 10.0 Å². The van der Waals surface area contributed by atoms with E-state index in [0.29, 0.717) is 11.5 Å². The van der Waals surface area contributed by atoms with Crippen LogP contribution in [0.4, 0.5) is 0 Å². The van der Waals surface area contributed by atoms with Gasteiger partial charge in [-0.25, -0.2) is 18.1 Å². The van der Waals surface area contributed by atoms with E-state index in [1.165, 1.54) is 18.3 Å². The number of rotatable bonds is 4. The standard InChI is InChI=1S/C12H14ClN3O3S/c1-7-12(9(3)19-15-7)8(2)16-20(17,18)10-4-5-11(13)14-6-10/h4-6,8,16H,1-3H3. The van der Waals surface area contributed by atoms with E-state index in [1.54, 1.807) is 20.8 Å². The molecule has 0 saturated carbocycles. The molecule has 0 aliphatic carbocycles. The Labute approximate surface area is 122 Å². The number of nitrogens with zero attached hydrogens (tertiary/aromatic N) is 2. The largest absolute Gasteiger partial charge is 0.361 e. The third kappa shape index (κ3) is 3.00. The van der Waals surface area contributed by atoms with Gasteiger partial charge in [0.25, 0.3) is 0 Å². The highest BCUT2D eigenvalue weighted by Gasteiger charge is 2.23. The maximum Gasteiger partial charge on any atom is 0.242 e. The third-order valence-electron chi connectivity index (χ3n) is 2.86. The smallest absolute Gasteiger partial charge is 0.242 e. The molecule has 0 fully saturated rings. The molecule has 0 saturated heterocycles. The van der Waals surface area contributed by atoms with Crippen molar-refractivity contribution in [2.24, 2.45) is 0 Å². The summed E-state index contributed by atoms with van der Waals surface area (Å²) in [5.74, 6) is 0.590. The average molecular weight is 316 g/mol. The molecule has 2 aromatic heterocycles. The summed E-state index contributed by atoms with van der Waals surface area (Å²) >= 11 is 5.64. The van der Waals surface area contributed by atoms with Crippen molar-refractivity contribution in [3.63, 3.8) is 0 Å². The number of pyridine rings is 1. The molecular formula is C12H14ClN3O3S. The highest BCUT2D eigenvalue weighted by atomic mass is 35.5. The van der Waals surface area contributed by atoms with Crippen molar-refractivity contribution in [3.05, 3.63) is 40.5 Å². The van der Waals surface area contributed by atoms with E-state index in [1.807, 2.05) is 0 Å². The monoisotopic (exact) mass is 315 g/mol. The molecule has 1 N–H and O–H groups in total. The van der Waals surface area contributed by atoms with Gasteiger partial charge in [0.05, 0.1) is 5.69 Å². The first kappa shape index (κ1) is 15.0. The first-order valence-electron chi connectivity index (χ1n) is 5.88. The molecule has 0 spiro atoms. The van der Waals surface area contributed by atoms with Crippen molar-refractivity contribution < 1.29 is 12.9 Å². The Kier molecular flexibility index (Phi) is 4.12. The lowest BCUT2D eigenvalue weighted by molar-refractivity contribution is 0.391. The van der Waals surface area contributed by atoms with Crippen molar-refractivity contribution in [1.29, 1.82) is 0 Å². The van der Waals surface area contributed by atoms with Gasteiger partial charge >= 0.3 is 0 Å².